The Morgan fingerprint density at radius 1 is 1.10 bits per heavy atom. The first kappa shape index (κ1) is 18.4. The van der Waals surface area contributed by atoms with Crippen molar-refractivity contribution in [1.82, 2.24) is 10.0 Å². The first-order chi connectivity index (χ1) is 9.80. The Morgan fingerprint density at radius 3 is 2.29 bits per heavy atom. The zero-order chi connectivity index (χ0) is 15.9. The van der Waals surface area contributed by atoms with Crippen molar-refractivity contribution in [3.05, 3.63) is 34.9 Å². The fourth-order valence-electron chi connectivity index (χ4n) is 1.96. The number of nitrogens with one attached hydrogen (secondary N) is 2. The molecule has 0 heterocycles. The number of halogens is 1. The van der Waals surface area contributed by atoms with Gasteiger partial charge in [0.2, 0.25) is 10.0 Å². The molecular weight excluding hydrogens is 308 g/mol. The van der Waals surface area contributed by atoms with Crippen molar-refractivity contribution in [2.75, 3.05) is 12.3 Å². The Bertz CT molecular complexity index is 515. The highest BCUT2D eigenvalue weighted by Crippen LogP contribution is 2.17. The SMILES string of the molecule is CC(C)NCCCCS(=O)(=O)NC(C)c1ccc(Cl)cc1. The molecule has 1 rings (SSSR count). The summed E-state index contributed by atoms with van der Waals surface area (Å²) >= 11 is 5.83. The summed E-state index contributed by atoms with van der Waals surface area (Å²) in [6.45, 7) is 6.83. The summed E-state index contributed by atoms with van der Waals surface area (Å²) in [7, 11) is -3.25. The van der Waals surface area contributed by atoms with E-state index in [4.69, 9.17) is 11.6 Å². The van der Waals surface area contributed by atoms with Gasteiger partial charge < -0.3 is 5.32 Å². The zero-order valence-corrected chi connectivity index (χ0v) is 14.5. The molecule has 0 amide bonds. The fraction of sp³-hybridized carbons (Fsp3) is 0.600. The van der Waals surface area contributed by atoms with Crippen molar-refractivity contribution < 1.29 is 8.42 Å². The molecule has 2 N–H and O–H groups in total. The van der Waals surface area contributed by atoms with Gasteiger partial charge in [0.1, 0.15) is 0 Å². The van der Waals surface area contributed by atoms with Crippen LogP contribution in [0.2, 0.25) is 5.02 Å². The molecule has 0 saturated carbocycles. The maximum Gasteiger partial charge on any atom is 0.212 e. The number of hydrogen-bond acceptors (Lipinski definition) is 3. The van der Waals surface area contributed by atoms with Crippen LogP contribution in [0.25, 0.3) is 0 Å². The van der Waals surface area contributed by atoms with Crippen LogP contribution in [-0.4, -0.2) is 26.8 Å². The molecule has 0 spiro atoms. The lowest BCUT2D eigenvalue weighted by Gasteiger charge is -2.15. The third-order valence-corrected chi connectivity index (χ3v) is 4.91. The topological polar surface area (TPSA) is 58.2 Å². The molecule has 0 aromatic heterocycles. The van der Waals surface area contributed by atoms with E-state index in [0.29, 0.717) is 17.5 Å². The van der Waals surface area contributed by atoms with Gasteiger partial charge in [0.05, 0.1) is 5.75 Å². The monoisotopic (exact) mass is 332 g/mol. The van der Waals surface area contributed by atoms with E-state index in [0.717, 1.165) is 18.5 Å². The van der Waals surface area contributed by atoms with Gasteiger partial charge in [-0.3, -0.25) is 0 Å². The van der Waals surface area contributed by atoms with Crippen molar-refractivity contribution in [2.24, 2.45) is 0 Å². The number of rotatable bonds is 9. The highest BCUT2D eigenvalue weighted by atomic mass is 35.5. The van der Waals surface area contributed by atoms with E-state index in [1.807, 2.05) is 19.1 Å². The van der Waals surface area contributed by atoms with Crippen molar-refractivity contribution in [2.45, 2.75) is 45.7 Å². The smallest absolute Gasteiger partial charge is 0.212 e. The van der Waals surface area contributed by atoms with Crippen LogP contribution >= 0.6 is 11.6 Å². The fourth-order valence-corrected chi connectivity index (χ4v) is 3.46. The van der Waals surface area contributed by atoms with E-state index < -0.39 is 10.0 Å². The maximum absolute atomic E-state index is 12.0. The first-order valence-electron chi connectivity index (χ1n) is 7.29. The van der Waals surface area contributed by atoms with Crippen LogP contribution in [0, 0.1) is 0 Å². The molecule has 0 radical (unpaired) electrons. The number of unbranched alkanes of at least 4 members (excludes halogenated alkanes) is 1. The number of benzene rings is 1. The van der Waals surface area contributed by atoms with E-state index in [9.17, 15) is 8.42 Å². The van der Waals surface area contributed by atoms with Gasteiger partial charge in [0.15, 0.2) is 0 Å². The van der Waals surface area contributed by atoms with E-state index >= 15 is 0 Å². The highest BCUT2D eigenvalue weighted by molar-refractivity contribution is 7.89. The molecule has 0 fully saturated rings. The van der Waals surface area contributed by atoms with Crippen LogP contribution in [0.3, 0.4) is 0 Å². The average molecular weight is 333 g/mol. The molecule has 1 aromatic carbocycles. The van der Waals surface area contributed by atoms with Gasteiger partial charge >= 0.3 is 0 Å². The Balaban J connectivity index is 2.39. The molecule has 120 valence electrons. The van der Waals surface area contributed by atoms with Crippen molar-refractivity contribution in [1.29, 1.82) is 0 Å². The van der Waals surface area contributed by atoms with Gasteiger partial charge in [-0.2, -0.15) is 0 Å². The van der Waals surface area contributed by atoms with E-state index in [1.54, 1.807) is 12.1 Å². The standard InChI is InChI=1S/C15H25ClN2O2S/c1-12(2)17-10-4-5-11-21(19,20)18-13(3)14-6-8-15(16)9-7-14/h6-9,12-13,17-18H,4-5,10-11H2,1-3H3. The molecule has 21 heavy (non-hydrogen) atoms. The molecule has 1 unspecified atom stereocenters. The summed E-state index contributed by atoms with van der Waals surface area (Å²) in [6.07, 6.45) is 1.51. The molecular formula is C15H25ClN2O2S. The lowest BCUT2D eigenvalue weighted by atomic mass is 10.1. The number of hydrogen-bond donors (Lipinski definition) is 2. The van der Waals surface area contributed by atoms with Gasteiger partial charge in [0, 0.05) is 17.1 Å². The zero-order valence-electron chi connectivity index (χ0n) is 12.9. The van der Waals surface area contributed by atoms with E-state index in [2.05, 4.69) is 23.9 Å². The molecule has 0 aliphatic rings. The quantitative estimate of drug-likeness (QED) is 0.683. The second-order valence-electron chi connectivity index (χ2n) is 5.53. The second kappa shape index (κ2) is 8.73. The molecule has 0 bridgehead atoms. The second-order valence-corrected chi connectivity index (χ2v) is 7.84. The van der Waals surface area contributed by atoms with Crippen molar-refractivity contribution >= 4 is 21.6 Å². The minimum absolute atomic E-state index is 0.157. The minimum atomic E-state index is -3.25. The molecule has 0 aliphatic heterocycles. The Morgan fingerprint density at radius 2 is 1.71 bits per heavy atom. The van der Waals surface area contributed by atoms with E-state index in [-0.39, 0.29) is 11.8 Å². The predicted molar refractivity (Wildman–Crippen MR) is 89.2 cm³/mol. The maximum atomic E-state index is 12.0. The molecule has 1 aromatic rings. The summed E-state index contributed by atoms with van der Waals surface area (Å²) in [5.41, 5.74) is 0.907. The molecule has 6 heteroatoms. The average Bonchev–Trinajstić information content (AvgIpc) is 2.38. The lowest BCUT2D eigenvalue weighted by Crippen LogP contribution is -2.30. The molecule has 4 nitrogen and oxygen atoms in total. The number of sulfonamides is 1. The van der Waals surface area contributed by atoms with Crippen LogP contribution in [0.1, 0.15) is 45.2 Å². The van der Waals surface area contributed by atoms with Gasteiger partial charge in [-0.25, -0.2) is 13.1 Å². The van der Waals surface area contributed by atoms with Crippen LogP contribution in [0.15, 0.2) is 24.3 Å². The molecule has 0 saturated heterocycles. The first-order valence-corrected chi connectivity index (χ1v) is 9.32. The van der Waals surface area contributed by atoms with Gasteiger partial charge in [-0.05, 0) is 44.0 Å². The van der Waals surface area contributed by atoms with Gasteiger partial charge in [-0.1, -0.05) is 37.6 Å². The third-order valence-electron chi connectivity index (χ3n) is 3.12. The summed E-state index contributed by atoms with van der Waals surface area (Å²) < 4.78 is 26.7. The van der Waals surface area contributed by atoms with E-state index in [1.165, 1.54) is 0 Å². The lowest BCUT2D eigenvalue weighted by molar-refractivity contribution is 0.549. The summed E-state index contributed by atoms with van der Waals surface area (Å²) in [5, 5.41) is 3.92. The summed E-state index contributed by atoms with van der Waals surface area (Å²) in [4.78, 5) is 0. The Hall–Kier alpha value is -0.620. The summed E-state index contributed by atoms with van der Waals surface area (Å²) in [6, 6.07) is 7.38. The third kappa shape index (κ3) is 7.81. The predicted octanol–water partition coefficient (Wildman–Crippen LogP) is 3.10. The summed E-state index contributed by atoms with van der Waals surface area (Å²) in [5.74, 6) is 0.157. The van der Waals surface area contributed by atoms with Crippen LogP contribution in [0.5, 0.6) is 0 Å². The molecule has 0 aliphatic carbocycles. The molecule has 1 atom stereocenters. The normalized spacial score (nSPS) is 13.6. The van der Waals surface area contributed by atoms with Gasteiger partial charge in [0.25, 0.3) is 0 Å². The van der Waals surface area contributed by atoms with Crippen LogP contribution < -0.4 is 10.0 Å². The highest BCUT2D eigenvalue weighted by Gasteiger charge is 2.15. The largest absolute Gasteiger partial charge is 0.315 e. The van der Waals surface area contributed by atoms with Gasteiger partial charge in [-0.15, -0.1) is 0 Å². The van der Waals surface area contributed by atoms with Crippen molar-refractivity contribution in [3.63, 3.8) is 0 Å². The van der Waals surface area contributed by atoms with Crippen LogP contribution in [0.4, 0.5) is 0 Å². The Labute approximate surface area is 133 Å². The van der Waals surface area contributed by atoms with Crippen LogP contribution in [-0.2, 0) is 10.0 Å². The van der Waals surface area contributed by atoms with Crippen molar-refractivity contribution in [3.8, 4) is 0 Å². The minimum Gasteiger partial charge on any atom is -0.315 e. The Kier molecular flexibility index (Phi) is 7.66.